The minimum atomic E-state index is -4.61. The largest absolute Gasteiger partial charge is 0.469 e. The van der Waals surface area contributed by atoms with E-state index < -0.39 is 7.82 Å². The molecule has 0 spiro atoms. The number of hydrogen-bond donors (Lipinski definition) is 2. The molecule has 0 bridgehead atoms. The molecular weight excluding hydrogens is 615 g/mol. The maximum absolute atomic E-state index is 12.2. The topological polar surface area (TPSA) is 119 Å². The Labute approximate surface area is 289 Å². The minimum absolute atomic E-state index is 0.152. The molecule has 0 aliphatic carbocycles. The van der Waals surface area contributed by atoms with Crippen molar-refractivity contribution in [2.45, 2.75) is 206 Å². The van der Waals surface area contributed by atoms with Gasteiger partial charge >= 0.3 is 19.8 Å². The maximum atomic E-state index is 12.2. The van der Waals surface area contributed by atoms with E-state index in [0.717, 1.165) is 38.5 Å². The van der Waals surface area contributed by atoms with Crippen molar-refractivity contribution in [1.82, 2.24) is 0 Å². The van der Waals surface area contributed by atoms with Gasteiger partial charge in [0.2, 0.25) is 0 Å². The maximum Gasteiger partial charge on any atom is 0.469 e. The zero-order valence-corrected chi connectivity index (χ0v) is 31.6. The molecule has 0 aliphatic heterocycles. The molecule has 0 fully saturated rings. The van der Waals surface area contributed by atoms with Gasteiger partial charge < -0.3 is 19.3 Å². The third-order valence-corrected chi connectivity index (χ3v) is 9.51. The van der Waals surface area contributed by atoms with Crippen LogP contribution in [0.1, 0.15) is 206 Å². The van der Waals surface area contributed by atoms with E-state index >= 15 is 0 Å². The van der Waals surface area contributed by atoms with Crippen LogP contribution in [0.2, 0.25) is 0 Å². The van der Waals surface area contributed by atoms with Crippen molar-refractivity contribution in [2.24, 2.45) is 5.92 Å². The van der Waals surface area contributed by atoms with Crippen LogP contribution in [0, 0.1) is 5.92 Å². The molecule has 0 aromatic heterocycles. The first-order chi connectivity index (χ1) is 22.8. The summed E-state index contributed by atoms with van der Waals surface area (Å²) in [7, 11) is -4.61. The number of hydrogen-bond acceptors (Lipinski definition) is 6. The van der Waals surface area contributed by atoms with Crippen molar-refractivity contribution in [3.05, 3.63) is 0 Å². The monoisotopic (exact) mass is 691 g/mol. The molecule has 0 amide bonds. The summed E-state index contributed by atoms with van der Waals surface area (Å²) in [4.78, 5) is 42.5. The number of rotatable bonds is 37. The smallest absolute Gasteiger partial charge is 0.466 e. The van der Waals surface area contributed by atoms with Crippen LogP contribution in [-0.2, 0) is 28.2 Å². The molecule has 9 heteroatoms. The second-order valence-electron chi connectivity index (χ2n) is 13.7. The highest BCUT2D eigenvalue weighted by atomic mass is 31.2. The average molecular weight is 691 g/mol. The second-order valence-corrected chi connectivity index (χ2v) is 14.9. The lowest BCUT2D eigenvalue weighted by atomic mass is 10.0. The van der Waals surface area contributed by atoms with Crippen molar-refractivity contribution in [3.8, 4) is 0 Å². The fourth-order valence-corrected chi connectivity index (χ4v) is 6.32. The highest BCUT2D eigenvalue weighted by Crippen LogP contribution is 2.36. The van der Waals surface area contributed by atoms with Gasteiger partial charge in [0.1, 0.15) is 0 Å². The van der Waals surface area contributed by atoms with E-state index in [0.29, 0.717) is 25.7 Å². The summed E-state index contributed by atoms with van der Waals surface area (Å²) in [5.41, 5.74) is 0. The Morgan fingerprint density at radius 3 is 1.04 bits per heavy atom. The number of carbonyl (C=O) groups is 2. The molecule has 0 aromatic rings. The quantitative estimate of drug-likeness (QED) is 0.0375. The summed E-state index contributed by atoms with van der Waals surface area (Å²) in [5.74, 6) is -0.783. The Balaban J connectivity index is 3.88. The first-order valence-electron chi connectivity index (χ1n) is 19.8. The van der Waals surface area contributed by atoms with Crippen LogP contribution in [0.4, 0.5) is 0 Å². The Hall–Kier alpha value is -0.950. The van der Waals surface area contributed by atoms with Crippen LogP contribution in [0.25, 0.3) is 0 Å². The average Bonchev–Trinajstić information content (AvgIpc) is 3.03. The molecule has 0 aliphatic rings. The molecule has 0 aromatic carbocycles. The van der Waals surface area contributed by atoms with Gasteiger partial charge in [0.25, 0.3) is 0 Å². The van der Waals surface area contributed by atoms with Gasteiger partial charge in [-0.05, 0) is 31.6 Å². The minimum Gasteiger partial charge on any atom is -0.466 e. The zero-order chi connectivity index (χ0) is 34.7. The second kappa shape index (κ2) is 34.9. The lowest BCUT2D eigenvalue weighted by Gasteiger charge is -2.17. The number of unbranched alkanes of at least 4 members (excludes halogenated alkanes) is 24. The van der Waals surface area contributed by atoms with E-state index in [1.807, 2.05) is 0 Å². The van der Waals surface area contributed by atoms with Gasteiger partial charge in [0.15, 0.2) is 0 Å². The van der Waals surface area contributed by atoms with Gasteiger partial charge in [-0.1, -0.05) is 168 Å². The molecule has 0 saturated carbocycles. The van der Waals surface area contributed by atoms with Gasteiger partial charge in [0, 0.05) is 12.8 Å². The first kappa shape index (κ1) is 46.0. The molecule has 8 nitrogen and oxygen atoms in total. The van der Waals surface area contributed by atoms with Crippen molar-refractivity contribution >= 4 is 19.8 Å². The van der Waals surface area contributed by atoms with Crippen molar-refractivity contribution in [3.63, 3.8) is 0 Å². The normalized spacial score (nSPS) is 11.8. The van der Waals surface area contributed by atoms with Gasteiger partial charge in [-0.3, -0.25) is 14.1 Å². The van der Waals surface area contributed by atoms with Crippen molar-refractivity contribution < 1.29 is 37.9 Å². The molecule has 0 atom stereocenters. The molecular formula is C38H75O8P. The number of phosphoric ester groups is 1. The van der Waals surface area contributed by atoms with Gasteiger partial charge in [-0.2, -0.15) is 0 Å². The summed E-state index contributed by atoms with van der Waals surface area (Å²) in [6, 6.07) is 0. The van der Waals surface area contributed by atoms with Gasteiger partial charge in [-0.25, -0.2) is 4.57 Å². The zero-order valence-electron chi connectivity index (χ0n) is 30.7. The highest BCUT2D eigenvalue weighted by molar-refractivity contribution is 7.46. The number of esters is 2. The summed E-state index contributed by atoms with van der Waals surface area (Å²) >= 11 is 0. The summed E-state index contributed by atoms with van der Waals surface area (Å²) in [6.07, 6.45) is 34.0. The van der Waals surface area contributed by atoms with Crippen molar-refractivity contribution in [1.29, 1.82) is 0 Å². The molecule has 47 heavy (non-hydrogen) atoms. The van der Waals surface area contributed by atoms with Gasteiger partial charge in [0.05, 0.1) is 19.8 Å². The molecule has 0 heterocycles. The SMILES string of the molecule is CCCCCCCCCCCCCCCC(=O)OCCC(CCOC(=O)CCCCCCCCCCCCCCC)COP(=O)(O)O. The summed E-state index contributed by atoms with van der Waals surface area (Å²) < 4.78 is 26.7. The van der Waals surface area contributed by atoms with E-state index in [9.17, 15) is 14.2 Å². The lowest BCUT2D eigenvalue weighted by molar-refractivity contribution is -0.144. The third-order valence-electron chi connectivity index (χ3n) is 9.03. The molecule has 2 N–H and O–H groups in total. The Bertz CT molecular complexity index is 693. The fourth-order valence-electron chi connectivity index (χ4n) is 5.91. The van der Waals surface area contributed by atoms with Crippen LogP contribution in [-0.4, -0.2) is 41.5 Å². The lowest BCUT2D eigenvalue weighted by Crippen LogP contribution is -2.17. The first-order valence-corrected chi connectivity index (χ1v) is 21.3. The summed E-state index contributed by atoms with van der Waals surface area (Å²) in [6.45, 7) is 4.62. The highest BCUT2D eigenvalue weighted by Gasteiger charge is 2.19. The Morgan fingerprint density at radius 2 is 0.766 bits per heavy atom. The molecule has 0 rings (SSSR count). The van der Waals surface area contributed by atoms with E-state index in [-0.39, 0.29) is 37.7 Å². The molecule has 0 radical (unpaired) electrons. The summed E-state index contributed by atoms with van der Waals surface area (Å²) in [5, 5.41) is 0. The molecule has 280 valence electrons. The van der Waals surface area contributed by atoms with Crippen LogP contribution in [0.15, 0.2) is 0 Å². The number of ether oxygens (including phenoxy) is 2. The standard InChI is InChI=1S/C38H75O8P/c1-3-5-7-9-11-13-15-17-19-21-23-25-27-29-37(39)44-33-31-36(35-46-47(41,42)43)32-34-45-38(40)30-28-26-24-22-20-18-16-14-12-10-8-6-4-2/h36H,3-35H2,1-2H3,(H2,41,42,43). The van der Waals surface area contributed by atoms with E-state index in [1.54, 1.807) is 0 Å². The van der Waals surface area contributed by atoms with Crippen LogP contribution in [0.3, 0.4) is 0 Å². The van der Waals surface area contributed by atoms with E-state index in [4.69, 9.17) is 23.8 Å². The Kier molecular flexibility index (Phi) is 34.2. The molecule has 0 unspecified atom stereocenters. The van der Waals surface area contributed by atoms with Crippen molar-refractivity contribution in [2.75, 3.05) is 19.8 Å². The van der Waals surface area contributed by atoms with Crippen LogP contribution in [0.5, 0.6) is 0 Å². The van der Waals surface area contributed by atoms with Crippen LogP contribution >= 0.6 is 7.82 Å². The predicted molar refractivity (Wildman–Crippen MR) is 193 cm³/mol. The van der Waals surface area contributed by atoms with E-state index in [1.165, 1.54) is 128 Å². The molecule has 0 saturated heterocycles. The number of carbonyl (C=O) groups excluding carboxylic acids is 2. The van der Waals surface area contributed by atoms with E-state index in [2.05, 4.69) is 13.8 Å². The number of phosphoric acid groups is 1. The van der Waals surface area contributed by atoms with Crippen LogP contribution < -0.4 is 0 Å². The predicted octanol–water partition coefficient (Wildman–Crippen LogP) is 11.5. The van der Waals surface area contributed by atoms with Gasteiger partial charge in [-0.15, -0.1) is 0 Å². The fraction of sp³-hybridized carbons (Fsp3) is 0.947. The third kappa shape index (κ3) is 37.7. The Morgan fingerprint density at radius 1 is 0.489 bits per heavy atom.